The molecule has 1 atom stereocenters. The number of nitrogens with zero attached hydrogens (tertiary/aromatic N) is 2. The van der Waals surface area contributed by atoms with Gasteiger partial charge in [0.05, 0.1) is 19.7 Å². The van der Waals surface area contributed by atoms with Crippen LogP contribution >= 0.6 is 0 Å². The van der Waals surface area contributed by atoms with Gasteiger partial charge in [-0.25, -0.2) is 0 Å². The molecule has 144 valence electrons. The lowest BCUT2D eigenvalue weighted by Gasteiger charge is -2.33. The molecule has 0 aliphatic carbocycles. The highest BCUT2D eigenvalue weighted by Crippen LogP contribution is 2.23. The first-order chi connectivity index (χ1) is 13.6. The highest BCUT2D eigenvalue weighted by Gasteiger charge is 2.29. The lowest BCUT2D eigenvalue weighted by Crippen LogP contribution is -2.42. The lowest BCUT2D eigenvalue weighted by molar-refractivity contribution is -0.139. The summed E-state index contributed by atoms with van der Waals surface area (Å²) in [7, 11) is 0. The first-order valence-electron chi connectivity index (χ1n) is 9.50. The van der Waals surface area contributed by atoms with Crippen LogP contribution in [0.15, 0.2) is 54.6 Å². The van der Waals surface area contributed by atoms with Crippen molar-refractivity contribution in [1.82, 2.24) is 9.80 Å². The molecule has 0 aromatic heterocycles. The maximum atomic E-state index is 12.9. The second-order valence-electron chi connectivity index (χ2n) is 7.09. The molecule has 0 N–H and O–H groups in total. The predicted molar refractivity (Wildman–Crippen MR) is 102 cm³/mol. The number of carbonyl (C=O) groups excluding carboxylic acids is 3. The Labute approximate surface area is 163 Å². The summed E-state index contributed by atoms with van der Waals surface area (Å²) < 4.78 is 5.83. The zero-order valence-corrected chi connectivity index (χ0v) is 15.5. The molecule has 28 heavy (non-hydrogen) atoms. The Balaban J connectivity index is 1.42. The molecule has 6 nitrogen and oxygen atoms in total. The molecule has 2 saturated heterocycles. The molecular formula is C22H22N2O4. The molecule has 0 unspecified atom stereocenters. The van der Waals surface area contributed by atoms with Crippen molar-refractivity contribution in [3.63, 3.8) is 0 Å². The molecule has 2 aliphatic heterocycles. The number of ether oxygens (including phenoxy) is 1. The first kappa shape index (κ1) is 18.4. The maximum absolute atomic E-state index is 12.9. The number of hydrogen-bond acceptors (Lipinski definition) is 4. The molecule has 2 fully saturated rings. The maximum Gasteiger partial charge on any atom is 0.254 e. The van der Waals surface area contributed by atoms with Crippen LogP contribution in [0.4, 0.5) is 0 Å². The Hall–Kier alpha value is -2.99. The third-order valence-electron chi connectivity index (χ3n) is 5.22. The second-order valence-corrected chi connectivity index (χ2v) is 7.09. The summed E-state index contributed by atoms with van der Waals surface area (Å²) in [6, 6.07) is 17.0. The van der Waals surface area contributed by atoms with Gasteiger partial charge in [-0.1, -0.05) is 42.5 Å². The van der Waals surface area contributed by atoms with E-state index in [1.165, 1.54) is 4.90 Å². The summed E-state index contributed by atoms with van der Waals surface area (Å²) in [6.07, 6.45) is 0.453. The van der Waals surface area contributed by atoms with E-state index < -0.39 is 0 Å². The summed E-state index contributed by atoms with van der Waals surface area (Å²) >= 11 is 0. The monoisotopic (exact) mass is 378 g/mol. The van der Waals surface area contributed by atoms with Crippen molar-refractivity contribution in [1.29, 1.82) is 0 Å². The Kier molecular flexibility index (Phi) is 5.21. The molecule has 2 heterocycles. The zero-order valence-electron chi connectivity index (χ0n) is 15.5. The molecule has 6 heteroatoms. The van der Waals surface area contributed by atoms with Gasteiger partial charge in [0.1, 0.15) is 6.10 Å². The minimum absolute atomic E-state index is 0.0379. The average molecular weight is 378 g/mol. The minimum atomic E-state index is -0.134. The molecule has 2 aromatic rings. The van der Waals surface area contributed by atoms with E-state index in [1.807, 2.05) is 35.2 Å². The van der Waals surface area contributed by atoms with Gasteiger partial charge in [-0.15, -0.1) is 0 Å². The summed E-state index contributed by atoms with van der Waals surface area (Å²) in [5.41, 5.74) is 2.50. The molecule has 0 saturated carbocycles. The Morgan fingerprint density at radius 1 is 0.964 bits per heavy atom. The third kappa shape index (κ3) is 3.82. The molecule has 2 aliphatic rings. The molecule has 0 bridgehead atoms. The number of hydrogen-bond donors (Lipinski definition) is 0. The van der Waals surface area contributed by atoms with Crippen LogP contribution in [-0.2, 0) is 20.9 Å². The van der Waals surface area contributed by atoms with Gasteiger partial charge in [0, 0.05) is 24.9 Å². The Bertz CT molecular complexity index is 863. The summed E-state index contributed by atoms with van der Waals surface area (Å²) in [5.74, 6) is -0.306. The van der Waals surface area contributed by atoms with Crippen molar-refractivity contribution in [3.8, 4) is 0 Å². The SMILES string of the molecule is O=C(c1ccc(CN2C(=O)CCC2=O)cc1)N1CCO[C@@H](c2ccccc2)C1. The van der Waals surface area contributed by atoms with Crippen LogP contribution < -0.4 is 0 Å². The van der Waals surface area contributed by atoms with Gasteiger partial charge in [-0.05, 0) is 23.3 Å². The van der Waals surface area contributed by atoms with Crippen molar-refractivity contribution in [2.45, 2.75) is 25.5 Å². The molecule has 3 amide bonds. The van der Waals surface area contributed by atoms with Crippen LogP contribution in [0.1, 0.15) is 40.4 Å². The number of rotatable bonds is 4. The number of imide groups is 1. The second kappa shape index (κ2) is 7.94. The molecule has 2 aromatic carbocycles. The highest BCUT2D eigenvalue weighted by atomic mass is 16.5. The van der Waals surface area contributed by atoms with Gasteiger partial charge >= 0.3 is 0 Å². The topological polar surface area (TPSA) is 66.9 Å². The number of morpholine rings is 1. The number of carbonyl (C=O) groups is 3. The first-order valence-corrected chi connectivity index (χ1v) is 9.50. The predicted octanol–water partition coefficient (Wildman–Crippen LogP) is 2.55. The van der Waals surface area contributed by atoms with Crippen molar-refractivity contribution >= 4 is 17.7 Å². The molecular weight excluding hydrogens is 356 g/mol. The van der Waals surface area contributed by atoms with Crippen molar-refractivity contribution in [2.24, 2.45) is 0 Å². The van der Waals surface area contributed by atoms with Crippen molar-refractivity contribution < 1.29 is 19.1 Å². The van der Waals surface area contributed by atoms with E-state index in [2.05, 4.69) is 0 Å². The normalized spacial score (nSPS) is 19.9. The van der Waals surface area contributed by atoms with E-state index in [1.54, 1.807) is 24.3 Å². The molecule has 4 rings (SSSR count). The third-order valence-corrected chi connectivity index (χ3v) is 5.22. The van der Waals surface area contributed by atoms with Gasteiger partial charge in [0.2, 0.25) is 11.8 Å². The van der Waals surface area contributed by atoms with Crippen LogP contribution in [0.5, 0.6) is 0 Å². The van der Waals surface area contributed by atoms with E-state index in [0.29, 0.717) is 25.3 Å². The van der Waals surface area contributed by atoms with Gasteiger partial charge < -0.3 is 9.64 Å². The van der Waals surface area contributed by atoms with Crippen molar-refractivity contribution in [2.75, 3.05) is 19.7 Å². The Morgan fingerprint density at radius 3 is 2.32 bits per heavy atom. The fraction of sp³-hybridized carbons (Fsp3) is 0.318. The van der Waals surface area contributed by atoms with Gasteiger partial charge in [-0.2, -0.15) is 0 Å². The van der Waals surface area contributed by atoms with Gasteiger partial charge in [0.15, 0.2) is 0 Å². The standard InChI is InChI=1S/C22H22N2O4/c25-20-10-11-21(26)24(20)14-16-6-8-18(9-7-16)22(27)23-12-13-28-19(15-23)17-4-2-1-3-5-17/h1-9,19H,10-15H2/t19-/m1/s1. The highest BCUT2D eigenvalue weighted by molar-refractivity contribution is 6.01. The van der Waals surface area contributed by atoms with E-state index in [9.17, 15) is 14.4 Å². The van der Waals surface area contributed by atoms with Gasteiger partial charge in [-0.3, -0.25) is 19.3 Å². The van der Waals surface area contributed by atoms with E-state index in [-0.39, 0.29) is 43.2 Å². The lowest BCUT2D eigenvalue weighted by atomic mass is 10.1. The zero-order chi connectivity index (χ0) is 19.5. The number of likely N-dealkylation sites (tertiary alicyclic amines) is 1. The summed E-state index contributed by atoms with van der Waals surface area (Å²) in [4.78, 5) is 39.5. The van der Waals surface area contributed by atoms with E-state index >= 15 is 0 Å². The number of benzene rings is 2. The average Bonchev–Trinajstić information content (AvgIpc) is 3.06. The fourth-order valence-electron chi connectivity index (χ4n) is 3.62. The van der Waals surface area contributed by atoms with E-state index in [0.717, 1.165) is 11.1 Å². The quantitative estimate of drug-likeness (QED) is 0.767. The summed E-state index contributed by atoms with van der Waals surface area (Å²) in [6.45, 7) is 1.84. The van der Waals surface area contributed by atoms with Crippen molar-refractivity contribution in [3.05, 3.63) is 71.3 Å². The van der Waals surface area contributed by atoms with Crippen LogP contribution in [0.25, 0.3) is 0 Å². The molecule has 0 spiro atoms. The van der Waals surface area contributed by atoms with Crippen LogP contribution in [0, 0.1) is 0 Å². The van der Waals surface area contributed by atoms with Crippen LogP contribution in [0.3, 0.4) is 0 Å². The fourth-order valence-corrected chi connectivity index (χ4v) is 3.62. The smallest absolute Gasteiger partial charge is 0.254 e. The van der Waals surface area contributed by atoms with E-state index in [4.69, 9.17) is 4.74 Å². The van der Waals surface area contributed by atoms with Crippen LogP contribution in [0.2, 0.25) is 0 Å². The summed E-state index contributed by atoms with van der Waals surface area (Å²) in [5, 5.41) is 0. The van der Waals surface area contributed by atoms with Gasteiger partial charge in [0.25, 0.3) is 5.91 Å². The Morgan fingerprint density at radius 2 is 1.64 bits per heavy atom. The number of amides is 3. The minimum Gasteiger partial charge on any atom is -0.370 e. The largest absolute Gasteiger partial charge is 0.370 e. The molecule has 0 radical (unpaired) electrons. The van der Waals surface area contributed by atoms with Crippen LogP contribution in [-0.4, -0.2) is 47.2 Å².